The van der Waals surface area contributed by atoms with E-state index in [2.05, 4.69) is 48.5 Å². The number of amides is 1. The zero-order chi connectivity index (χ0) is 18.9. The number of hydrogen-bond donors (Lipinski definition) is 3. The first kappa shape index (κ1) is 25.4. The minimum atomic E-state index is 0. The molecule has 0 bridgehead atoms. The molecule has 3 N–H and O–H groups in total. The zero-order valence-electron chi connectivity index (χ0n) is 17.2. The lowest BCUT2D eigenvalue weighted by Gasteiger charge is -2.33. The van der Waals surface area contributed by atoms with Crippen LogP contribution in [0.3, 0.4) is 0 Å². The molecule has 1 amide bonds. The fourth-order valence-electron chi connectivity index (χ4n) is 2.91. The number of guanidine groups is 1. The molecule has 1 unspecified atom stereocenters. The van der Waals surface area contributed by atoms with E-state index >= 15 is 0 Å². The van der Waals surface area contributed by atoms with Crippen LogP contribution in [0.4, 0.5) is 0 Å². The number of carbonyl (C=O) groups excluding carboxylic acids is 1. The molecule has 1 saturated heterocycles. The fourth-order valence-corrected chi connectivity index (χ4v) is 2.91. The average molecular weight is 483 g/mol. The molecular formula is C18H38IN5O2. The van der Waals surface area contributed by atoms with Crippen molar-refractivity contribution in [2.75, 3.05) is 46.9 Å². The minimum Gasteiger partial charge on any atom is -0.379 e. The van der Waals surface area contributed by atoms with Crippen molar-refractivity contribution in [3.63, 3.8) is 0 Å². The van der Waals surface area contributed by atoms with Crippen molar-refractivity contribution < 1.29 is 9.53 Å². The summed E-state index contributed by atoms with van der Waals surface area (Å²) in [7, 11) is 3.43. The first-order valence-electron chi connectivity index (χ1n) is 9.30. The topological polar surface area (TPSA) is 78.0 Å². The van der Waals surface area contributed by atoms with E-state index in [0.29, 0.717) is 19.1 Å². The van der Waals surface area contributed by atoms with E-state index in [0.717, 1.165) is 38.4 Å². The molecule has 1 heterocycles. The molecule has 0 radical (unpaired) electrons. The highest BCUT2D eigenvalue weighted by Crippen LogP contribution is 2.21. The lowest BCUT2D eigenvalue weighted by Crippen LogP contribution is -2.50. The Bertz CT molecular complexity index is 432. The number of aliphatic imine (C=N–C) groups is 1. The third kappa shape index (κ3) is 9.36. The van der Waals surface area contributed by atoms with Crippen molar-refractivity contribution in [1.82, 2.24) is 20.9 Å². The van der Waals surface area contributed by atoms with Gasteiger partial charge >= 0.3 is 0 Å². The summed E-state index contributed by atoms with van der Waals surface area (Å²) in [4.78, 5) is 18.4. The highest BCUT2D eigenvalue weighted by molar-refractivity contribution is 14.0. The van der Waals surface area contributed by atoms with Gasteiger partial charge in [-0.25, -0.2) is 0 Å². The summed E-state index contributed by atoms with van der Waals surface area (Å²) in [5.74, 6) is 0.924. The van der Waals surface area contributed by atoms with Gasteiger partial charge in [-0.3, -0.25) is 14.7 Å². The van der Waals surface area contributed by atoms with Gasteiger partial charge in [0.25, 0.3) is 0 Å². The van der Waals surface area contributed by atoms with E-state index < -0.39 is 0 Å². The van der Waals surface area contributed by atoms with Crippen LogP contribution in [0, 0.1) is 5.41 Å². The average Bonchev–Trinajstić information content (AvgIpc) is 2.56. The molecule has 1 fully saturated rings. The third-order valence-corrected chi connectivity index (χ3v) is 4.58. The van der Waals surface area contributed by atoms with Gasteiger partial charge in [0.2, 0.25) is 5.91 Å². The summed E-state index contributed by atoms with van der Waals surface area (Å²) in [5.41, 5.74) is 0.0563. The third-order valence-electron chi connectivity index (χ3n) is 4.58. The molecule has 1 rings (SSSR count). The maximum atomic E-state index is 11.5. The van der Waals surface area contributed by atoms with E-state index in [1.807, 2.05) is 0 Å². The van der Waals surface area contributed by atoms with Gasteiger partial charge in [0, 0.05) is 39.8 Å². The van der Waals surface area contributed by atoms with Gasteiger partial charge in [-0.2, -0.15) is 0 Å². The van der Waals surface area contributed by atoms with Crippen molar-refractivity contribution in [3.05, 3.63) is 0 Å². The van der Waals surface area contributed by atoms with E-state index in [-0.39, 0.29) is 41.4 Å². The van der Waals surface area contributed by atoms with Gasteiger partial charge in [0.1, 0.15) is 0 Å². The van der Waals surface area contributed by atoms with Crippen LogP contribution >= 0.6 is 24.0 Å². The molecule has 1 atom stereocenters. The Morgan fingerprint density at radius 2 is 1.92 bits per heavy atom. The molecule has 0 aromatic heterocycles. The van der Waals surface area contributed by atoms with Crippen LogP contribution in [-0.4, -0.2) is 75.8 Å². The number of carbonyl (C=O) groups is 1. The predicted octanol–water partition coefficient (Wildman–Crippen LogP) is 1.43. The van der Waals surface area contributed by atoms with Crippen molar-refractivity contribution in [2.45, 2.75) is 52.7 Å². The van der Waals surface area contributed by atoms with Gasteiger partial charge in [-0.1, -0.05) is 20.8 Å². The molecule has 7 nitrogen and oxygen atoms in total. The second-order valence-electron chi connectivity index (χ2n) is 7.68. The molecule has 154 valence electrons. The maximum absolute atomic E-state index is 11.5. The number of halogens is 1. The standard InChI is InChI=1S/C18H37N5O2.HI/c1-7-20-17(21-12-15(25-6)18(2,3)4)22-14-8-10-23(11-9-14)13-16(24)19-5;/h14-15H,7-13H2,1-6H3,(H,19,24)(H2,20,21,22);1H. The molecule has 0 aromatic rings. The largest absolute Gasteiger partial charge is 0.379 e. The van der Waals surface area contributed by atoms with Crippen LogP contribution in [0.5, 0.6) is 0 Å². The zero-order valence-corrected chi connectivity index (χ0v) is 19.6. The number of methoxy groups -OCH3 is 1. The molecule has 8 heteroatoms. The number of nitrogens with zero attached hydrogens (tertiary/aromatic N) is 2. The Kier molecular flexibility index (Phi) is 12.4. The van der Waals surface area contributed by atoms with Gasteiger partial charge in [-0.05, 0) is 25.2 Å². The molecule has 0 aliphatic carbocycles. The monoisotopic (exact) mass is 483 g/mol. The van der Waals surface area contributed by atoms with Crippen LogP contribution in [0.25, 0.3) is 0 Å². The Morgan fingerprint density at radius 1 is 1.31 bits per heavy atom. The molecule has 0 aromatic carbocycles. The first-order valence-corrected chi connectivity index (χ1v) is 9.30. The van der Waals surface area contributed by atoms with Crippen LogP contribution < -0.4 is 16.0 Å². The molecular weight excluding hydrogens is 445 g/mol. The predicted molar refractivity (Wildman–Crippen MR) is 118 cm³/mol. The number of nitrogens with one attached hydrogen (secondary N) is 3. The van der Waals surface area contributed by atoms with Crippen LogP contribution in [0.15, 0.2) is 4.99 Å². The number of rotatable bonds is 7. The summed E-state index contributed by atoms with van der Waals surface area (Å²) in [5, 5.41) is 9.53. The molecule has 26 heavy (non-hydrogen) atoms. The van der Waals surface area contributed by atoms with Crippen molar-refractivity contribution in [1.29, 1.82) is 0 Å². The molecule has 1 aliphatic rings. The highest BCUT2D eigenvalue weighted by atomic mass is 127. The normalized spacial score (nSPS) is 18.0. The Labute approximate surface area is 176 Å². The van der Waals surface area contributed by atoms with Gasteiger partial charge in [0.15, 0.2) is 5.96 Å². The number of ether oxygens (including phenoxy) is 1. The molecule has 1 aliphatic heterocycles. The Balaban J connectivity index is 0.00000625. The van der Waals surface area contributed by atoms with Gasteiger partial charge in [-0.15, -0.1) is 24.0 Å². The van der Waals surface area contributed by atoms with Crippen molar-refractivity contribution >= 4 is 35.8 Å². The summed E-state index contributed by atoms with van der Waals surface area (Å²) >= 11 is 0. The highest BCUT2D eigenvalue weighted by Gasteiger charge is 2.25. The second kappa shape index (κ2) is 12.7. The van der Waals surface area contributed by atoms with E-state index in [4.69, 9.17) is 9.73 Å². The van der Waals surface area contributed by atoms with Gasteiger partial charge < -0.3 is 20.7 Å². The van der Waals surface area contributed by atoms with E-state index in [1.54, 1.807) is 14.2 Å². The van der Waals surface area contributed by atoms with Gasteiger partial charge in [0.05, 0.1) is 19.2 Å². The summed E-state index contributed by atoms with van der Waals surface area (Å²) in [6.45, 7) is 12.4. The van der Waals surface area contributed by atoms with Crippen molar-refractivity contribution in [2.24, 2.45) is 10.4 Å². The summed E-state index contributed by atoms with van der Waals surface area (Å²) in [6, 6.07) is 0.384. The fraction of sp³-hybridized carbons (Fsp3) is 0.889. The molecule has 0 saturated carbocycles. The summed E-state index contributed by atoms with van der Waals surface area (Å²) < 4.78 is 5.59. The Morgan fingerprint density at radius 3 is 2.38 bits per heavy atom. The quantitative estimate of drug-likeness (QED) is 0.290. The number of likely N-dealkylation sites (N-methyl/N-ethyl adjacent to an activating group) is 1. The second-order valence-corrected chi connectivity index (χ2v) is 7.68. The van der Waals surface area contributed by atoms with E-state index in [1.165, 1.54) is 0 Å². The van der Waals surface area contributed by atoms with Crippen LogP contribution in [-0.2, 0) is 9.53 Å². The lowest BCUT2D eigenvalue weighted by atomic mass is 9.89. The SMILES string of the molecule is CCNC(=NCC(OC)C(C)(C)C)NC1CCN(CC(=O)NC)CC1.I. The smallest absolute Gasteiger partial charge is 0.233 e. The number of piperidine rings is 1. The van der Waals surface area contributed by atoms with Crippen LogP contribution in [0.1, 0.15) is 40.5 Å². The number of likely N-dealkylation sites (tertiary alicyclic amines) is 1. The van der Waals surface area contributed by atoms with Crippen molar-refractivity contribution in [3.8, 4) is 0 Å². The minimum absolute atomic E-state index is 0. The molecule has 0 spiro atoms. The Hall–Kier alpha value is -0.610. The maximum Gasteiger partial charge on any atom is 0.233 e. The summed E-state index contributed by atoms with van der Waals surface area (Å²) in [6.07, 6.45) is 2.10. The first-order chi connectivity index (χ1) is 11.8. The number of hydrogen-bond acceptors (Lipinski definition) is 4. The van der Waals surface area contributed by atoms with Crippen LogP contribution in [0.2, 0.25) is 0 Å². The van der Waals surface area contributed by atoms with E-state index in [9.17, 15) is 4.79 Å². The lowest BCUT2D eigenvalue weighted by molar-refractivity contribution is -0.122.